The lowest BCUT2D eigenvalue weighted by molar-refractivity contribution is -0.161. The molecule has 10 heteroatoms. The van der Waals surface area contributed by atoms with Crippen molar-refractivity contribution in [1.82, 2.24) is 0 Å². The number of esters is 2. The molecule has 0 aliphatic carbocycles. The summed E-state index contributed by atoms with van der Waals surface area (Å²) in [6, 6.07) is 0. The molecule has 0 aromatic heterocycles. The minimum Gasteiger partial charge on any atom is -0.462 e. The maximum absolute atomic E-state index is 12.6. The Balaban J connectivity index is 4.13. The highest BCUT2D eigenvalue weighted by atomic mass is 31.2. The van der Waals surface area contributed by atoms with Gasteiger partial charge in [0.15, 0.2) is 6.10 Å². The molecule has 0 radical (unpaired) electrons. The predicted octanol–water partition coefficient (Wildman–Crippen LogP) is 13.2. The molecular weight excluding hydrogens is 713 g/mol. The molecule has 324 valence electrons. The van der Waals surface area contributed by atoms with E-state index in [4.69, 9.17) is 24.3 Å². The summed E-state index contributed by atoms with van der Waals surface area (Å²) in [5.41, 5.74) is 5.35. The Morgan fingerprint density at radius 3 is 1.33 bits per heavy atom. The van der Waals surface area contributed by atoms with Crippen LogP contribution in [0.1, 0.15) is 219 Å². The van der Waals surface area contributed by atoms with E-state index in [0.29, 0.717) is 12.8 Å². The van der Waals surface area contributed by atoms with Crippen LogP contribution in [-0.4, -0.2) is 49.3 Å². The largest absolute Gasteiger partial charge is 0.472 e. The number of carbonyl (C=O) groups is 2. The van der Waals surface area contributed by atoms with Crippen LogP contribution < -0.4 is 5.73 Å². The second-order valence-electron chi connectivity index (χ2n) is 15.3. The Hall–Kier alpha value is -1.51. The topological polar surface area (TPSA) is 134 Å². The summed E-state index contributed by atoms with van der Waals surface area (Å²) < 4.78 is 32.8. The number of ether oxygens (including phenoxy) is 2. The van der Waals surface area contributed by atoms with Gasteiger partial charge in [-0.2, -0.15) is 0 Å². The van der Waals surface area contributed by atoms with Crippen LogP contribution in [0.4, 0.5) is 0 Å². The van der Waals surface area contributed by atoms with Crippen molar-refractivity contribution >= 4 is 19.8 Å². The molecule has 0 heterocycles. The summed E-state index contributed by atoms with van der Waals surface area (Å²) in [4.78, 5) is 34.9. The maximum atomic E-state index is 12.6. The zero-order chi connectivity index (χ0) is 40.3. The molecule has 2 atom stereocenters. The van der Waals surface area contributed by atoms with Gasteiger partial charge < -0.3 is 20.1 Å². The second-order valence-corrected chi connectivity index (χ2v) is 16.7. The zero-order valence-corrected chi connectivity index (χ0v) is 36.6. The van der Waals surface area contributed by atoms with Gasteiger partial charge in [-0.1, -0.05) is 167 Å². The summed E-state index contributed by atoms with van der Waals surface area (Å²) in [6.45, 7) is 3.72. The number of phosphoric ester groups is 1. The quantitative estimate of drug-likeness (QED) is 0.0267. The van der Waals surface area contributed by atoms with Gasteiger partial charge in [0.25, 0.3) is 0 Å². The summed E-state index contributed by atoms with van der Waals surface area (Å²) >= 11 is 0. The number of allylic oxidation sites excluding steroid dienone is 4. The molecule has 0 amide bonds. The van der Waals surface area contributed by atoms with Gasteiger partial charge in [-0.3, -0.25) is 18.6 Å². The molecule has 9 nitrogen and oxygen atoms in total. The number of carbonyl (C=O) groups excluding carboxylic acids is 2. The fourth-order valence-corrected chi connectivity index (χ4v) is 7.15. The van der Waals surface area contributed by atoms with Gasteiger partial charge in [0, 0.05) is 19.4 Å². The fourth-order valence-electron chi connectivity index (χ4n) is 6.39. The molecule has 0 aliphatic heterocycles. The van der Waals surface area contributed by atoms with E-state index in [-0.39, 0.29) is 32.6 Å². The van der Waals surface area contributed by atoms with Gasteiger partial charge in [-0.15, -0.1) is 0 Å². The Morgan fingerprint density at radius 2 is 0.891 bits per heavy atom. The minimum atomic E-state index is -4.38. The number of rotatable bonds is 43. The molecule has 0 spiro atoms. The van der Waals surface area contributed by atoms with Crippen LogP contribution in [0, 0.1) is 0 Å². The maximum Gasteiger partial charge on any atom is 0.472 e. The molecule has 0 saturated heterocycles. The van der Waals surface area contributed by atoms with Gasteiger partial charge in [0.05, 0.1) is 13.2 Å². The van der Waals surface area contributed by atoms with Crippen LogP contribution in [-0.2, 0) is 32.7 Å². The first-order valence-corrected chi connectivity index (χ1v) is 24.3. The third kappa shape index (κ3) is 41.9. The first kappa shape index (κ1) is 53.5. The lowest BCUT2D eigenvalue weighted by atomic mass is 10.1. The molecule has 0 fully saturated rings. The van der Waals surface area contributed by atoms with E-state index in [1.54, 1.807) is 0 Å². The number of nitrogens with two attached hydrogens (primary N) is 1. The molecule has 0 aromatic rings. The highest BCUT2D eigenvalue weighted by molar-refractivity contribution is 7.47. The van der Waals surface area contributed by atoms with Crippen LogP contribution in [0.25, 0.3) is 0 Å². The van der Waals surface area contributed by atoms with Crippen molar-refractivity contribution in [3.8, 4) is 0 Å². The van der Waals surface area contributed by atoms with Crippen molar-refractivity contribution in [2.24, 2.45) is 5.73 Å². The minimum absolute atomic E-state index is 0.0519. The van der Waals surface area contributed by atoms with Crippen molar-refractivity contribution in [3.63, 3.8) is 0 Å². The van der Waals surface area contributed by atoms with Crippen molar-refractivity contribution in [2.75, 3.05) is 26.4 Å². The van der Waals surface area contributed by atoms with E-state index >= 15 is 0 Å². The number of hydrogen-bond donors (Lipinski definition) is 2. The number of phosphoric acid groups is 1. The second kappa shape index (κ2) is 42.1. The summed E-state index contributed by atoms with van der Waals surface area (Å²) in [5.74, 6) is -0.850. The molecule has 3 N–H and O–H groups in total. The summed E-state index contributed by atoms with van der Waals surface area (Å²) in [5, 5.41) is 0. The monoisotopic (exact) mass is 800 g/mol. The molecule has 1 unspecified atom stereocenters. The van der Waals surface area contributed by atoms with Gasteiger partial charge in [0.2, 0.25) is 0 Å². The van der Waals surface area contributed by atoms with Crippen molar-refractivity contribution in [2.45, 2.75) is 225 Å². The van der Waals surface area contributed by atoms with E-state index in [1.807, 2.05) is 0 Å². The van der Waals surface area contributed by atoms with Gasteiger partial charge >= 0.3 is 19.8 Å². The smallest absolute Gasteiger partial charge is 0.462 e. The van der Waals surface area contributed by atoms with E-state index in [2.05, 4.69) is 38.2 Å². The molecule has 0 saturated carbocycles. The third-order valence-corrected chi connectivity index (χ3v) is 10.8. The Morgan fingerprint density at radius 1 is 0.527 bits per heavy atom. The molecule has 0 bridgehead atoms. The van der Waals surface area contributed by atoms with Crippen molar-refractivity contribution < 1.29 is 37.6 Å². The Kier molecular flexibility index (Phi) is 40.9. The standard InChI is InChI=1S/C45H86NO8P/c1-3-5-7-9-11-13-15-17-19-20-21-22-24-26-28-30-32-34-36-38-45(48)54-43(42-53-55(49,50)52-40-39-46)41-51-44(47)37-35-33-31-29-27-25-23-18-16-14-12-10-8-6-4-2/h17,19,27,29,43H,3-16,18,20-26,28,30-42,46H2,1-2H3,(H,49,50)/b19-17+,29-27+/t43-/m1/s1. The zero-order valence-electron chi connectivity index (χ0n) is 35.7. The number of hydrogen-bond acceptors (Lipinski definition) is 8. The van der Waals surface area contributed by atoms with E-state index in [0.717, 1.165) is 38.5 Å². The first-order valence-electron chi connectivity index (χ1n) is 22.8. The highest BCUT2D eigenvalue weighted by Gasteiger charge is 2.26. The lowest BCUT2D eigenvalue weighted by Crippen LogP contribution is -2.29. The normalized spacial score (nSPS) is 13.5. The Labute approximate surface area is 338 Å². The summed E-state index contributed by atoms with van der Waals surface area (Å²) in [7, 11) is -4.38. The van der Waals surface area contributed by atoms with E-state index in [1.165, 1.54) is 141 Å². The van der Waals surface area contributed by atoms with Crippen LogP contribution in [0.5, 0.6) is 0 Å². The SMILES string of the molecule is CCCCCCCC/C=C/CCCCCCCCCCCC(=O)O[C@H](COC(=O)CCCC/C=C/CCCCCCCCCCC)COP(=O)(O)OCCN. The van der Waals surface area contributed by atoms with Gasteiger partial charge in [-0.25, -0.2) is 4.57 Å². The lowest BCUT2D eigenvalue weighted by Gasteiger charge is -2.19. The molecule has 0 aliphatic rings. The average molecular weight is 800 g/mol. The van der Waals surface area contributed by atoms with E-state index < -0.39 is 32.5 Å². The summed E-state index contributed by atoms with van der Waals surface area (Å²) in [6.07, 6.45) is 45.0. The van der Waals surface area contributed by atoms with Gasteiger partial charge in [0.1, 0.15) is 6.61 Å². The number of unbranched alkanes of at least 4 members (excludes halogenated alkanes) is 26. The van der Waals surface area contributed by atoms with Crippen molar-refractivity contribution in [1.29, 1.82) is 0 Å². The average Bonchev–Trinajstić information content (AvgIpc) is 3.17. The first-order chi connectivity index (χ1) is 26.8. The molecule has 0 rings (SSSR count). The molecule has 0 aromatic carbocycles. The Bertz CT molecular complexity index is 959. The third-order valence-electron chi connectivity index (χ3n) is 9.81. The highest BCUT2D eigenvalue weighted by Crippen LogP contribution is 2.43. The van der Waals surface area contributed by atoms with Crippen LogP contribution >= 0.6 is 7.82 Å². The van der Waals surface area contributed by atoms with Crippen LogP contribution in [0.15, 0.2) is 24.3 Å². The van der Waals surface area contributed by atoms with Crippen LogP contribution in [0.3, 0.4) is 0 Å². The van der Waals surface area contributed by atoms with Crippen LogP contribution in [0.2, 0.25) is 0 Å². The predicted molar refractivity (Wildman–Crippen MR) is 229 cm³/mol. The molecular formula is C45H86NO8P. The molecule has 55 heavy (non-hydrogen) atoms. The fraction of sp³-hybridized carbons (Fsp3) is 0.867. The van der Waals surface area contributed by atoms with Gasteiger partial charge in [-0.05, 0) is 64.2 Å². The van der Waals surface area contributed by atoms with E-state index in [9.17, 15) is 19.0 Å². The van der Waals surface area contributed by atoms with Crippen molar-refractivity contribution in [3.05, 3.63) is 24.3 Å².